The standard InChI is InChI=1S/C20H20BrN3O2/c1-14-9-8-12-16(17(14)21)19(26)23(13-22)24(20(2,3)4)18(25)15-10-6-5-7-11-15/h5-12H,1-4H3. The molecule has 26 heavy (non-hydrogen) atoms. The fourth-order valence-corrected chi connectivity index (χ4v) is 2.94. The SMILES string of the molecule is Cc1cccc(C(=O)N(C#N)N(C(=O)c2ccccc2)C(C)(C)C)c1Br. The molecule has 2 amide bonds. The molecule has 5 nitrogen and oxygen atoms in total. The highest BCUT2D eigenvalue weighted by Crippen LogP contribution is 2.26. The number of hydrazine groups is 1. The largest absolute Gasteiger partial charge is 0.287 e. The van der Waals surface area contributed by atoms with Gasteiger partial charge in [-0.05, 0) is 67.4 Å². The van der Waals surface area contributed by atoms with Crippen LogP contribution in [0.25, 0.3) is 0 Å². The van der Waals surface area contributed by atoms with Crippen molar-refractivity contribution < 1.29 is 9.59 Å². The Hall–Kier alpha value is -2.65. The van der Waals surface area contributed by atoms with E-state index in [1.165, 1.54) is 5.01 Å². The van der Waals surface area contributed by atoms with Crippen LogP contribution in [0.4, 0.5) is 0 Å². The number of nitriles is 1. The van der Waals surface area contributed by atoms with Crippen LogP contribution in [0.15, 0.2) is 53.0 Å². The van der Waals surface area contributed by atoms with Crippen molar-refractivity contribution in [2.24, 2.45) is 0 Å². The summed E-state index contributed by atoms with van der Waals surface area (Å²) in [5.41, 5.74) is 0.806. The second kappa shape index (κ2) is 7.71. The van der Waals surface area contributed by atoms with Gasteiger partial charge in [0.25, 0.3) is 11.8 Å². The van der Waals surface area contributed by atoms with Crippen molar-refractivity contribution in [2.75, 3.05) is 0 Å². The number of rotatable bonds is 2. The van der Waals surface area contributed by atoms with Crippen molar-refractivity contribution in [3.63, 3.8) is 0 Å². The molecular formula is C20H20BrN3O2. The summed E-state index contributed by atoms with van der Waals surface area (Å²) in [6.07, 6.45) is 1.87. The monoisotopic (exact) mass is 413 g/mol. The van der Waals surface area contributed by atoms with E-state index in [0.29, 0.717) is 15.6 Å². The lowest BCUT2D eigenvalue weighted by atomic mass is 10.1. The van der Waals surface area contributed by atoms with Crippen LogP contribution in [0.2, 0.25) is 0 Å². The zero-order valence-corrected chi connectivity index (χ0v) is 16.7. The van der Waals surface area contributed by atoms with Crippen molar-refractivity contribution >= 4 is 27.7 Å². The molecule has 0 unspecified atom stereocenters. The van der Waals surface area contributed by atoms with E-state index in [-0.39, 0.29) is 0 Å². The molecule has 0 heterocycles. The normalized spacial score (nSPS) is 10.8. The van der Waals surface area contributed by atoms with E-state index < -0.39 is 17.4 Å². The number of amides is 2. The molecule has 0 fully saturated rings. The summed E-state index contributed by atoms with van der Waals surface area (Å²) in [7, 11) is 0. The lowest BCUT2D eigenvalue weighted by Crippen LogP contribution is -2.56. The van der Waals surface area contributed by atoms with E-state index in [2.05, 4.69) is 15.9 Å². The maximum Gasteiger partial charge on any atom is 0.287 e. The van der Waals surface area contributed by atoms with Gasteiger partial charge in [-0.25, -0.2) is 5.01 Å². The minimum atomic E-state index is -0.783. The Morgan fingerprint density at radius 1 is 1.00 bits per heavy atom. The molecular weight excluding hydrogens is 394 g/mol. The van der Waals surface area contributed by atoms with E-state index in [1.807, 2.05) is 19.2 Å². The van der Waals surface area contributed by atoms with Crippen LogP contribution in [0.3, 0.4) is 0 Å². The first-order valence-corrected chi connectivity index (χ1v) is 8.86. The Kier molecular flexibility index (Phi) is 5.83. The van der Waals surface area contributed by atoms with Gasteiger partial charge in [0, 0.05) is 10.0 Å². The van der Waals surface area contributed by atoms with E-state index in [9.17, 15) is 14.9 Å². The molecule has 0 atom stereocenters. The van der Waals surface area contributed by atoms with Crippen molar-refractivity contribution in [3.8, 4) is 6.19 Å². The molecule has 2 aromatic rings. The van der Waals surface area contributed by atoms with Crippen LogP contribution in [0.1, 0.15) is 47.1 Å². The molecule has 0 saturated carbocycles. The fourth-order valence-electron chi connectivity index (χ4n) is 2.51. The highest BCUT2D eigenvalue weighted by Gasteiger charge is 2.37. The number of carbonyl (C=O) groups excluding carboxylic acids is 2. The summed E-state index contributed by atoms with van der Waals surface area (Å²) in [5, 5.41) is 11.7. The maximum absolute atomic E-state index is 13.1. The van der Waals surface area contributed by atoms with Crippen molar-refractivity contribution in [1.29, 1.82) is 5.26 Å². The van der Waals surface area contributed by atoms with E-state index >= 15 is 0 Å². The summed E-state index contributed by atoms with van der Waals surface area (Å²) in [6, 6.07) is 13.8. The van der Waals surface area contributed by atoms with Crippen LogP contribution in [0, 0.1) is 18.4 Å². The topological polar surface area (TPSA) is 64.4 Å². The van der Waals surface area contributed by atoms with Gasteiger partial charge in [-0.15, -0.1) is 5.01 Å². The number of carbonyl (C=O) groups is 2. The number of halogens is 1. The maximum atomic E-state index is 13.1. The molecule has 2 rings (SSSR count). The van der Waals surface area contributed by atoms with Gasteiger partial charge in [-0.3, -0.25) is 9.59 Å². The number of benzene rings is 2. The number of nitrogens with zero attached hydrogens (tertiary/aromatic N) is 3. The van der Waals surface area contributed by atoms with Crippen molar-refractivity contribution in [3.05, 3.63) is 69.7 Å². The molecule has 0 radical (unpaired) electrons. The molecule has 0 aromatic heterocycles. The minimum absolute atomic E-state index is 0.321. The summed E-state index contributed by atoms with van der Waals surface area (Å²) in [5.74, 6) is -0.987. The molecule has 0 saturated heterocycles. The van der Waals surface area contributed by atoms with Gasteiger partial charge in [-0.1, -0.05) is 30.3 Å². The molecule has 6 heteroatoms. The van der Waals surface area contributed by atoms with Gasteiger partial charge in [0.2, 0.25) is 6.19 Å². The number of hydrogen-bond donors (Lipinski definition) is 0. The predicted molar refractivity (Wildman–Crippen MR) is 103 cm³/mol. The third-order valence-corrected chi connectivity index (χ3v) is 4.81. The van der Waals surface area contributed by atoms with Gasteiger partial charge < -0.3 is 0 Å². The average Bonchev–Trinajstić information content (AvgIpc) is 2.60. The first kappa shape index (κ1) is 19.7. The predicted octanol–water partition coefficient (Wildman–Crippen LogP) is 4.54. The van der Waals surface area contributed by atoms with Crippen LogP contribution >= 0.6 is 15.9 Å². The second-order valence-corrected chi connectivity index (χ2v) is 7.60. The van der Waals surface area contributed by atoms with Crippen LogP contribution < -0.4 is 0 Å². The van der Waals surface area contributed by atoms with E-state index in [4.69, 9.17) is 0 Å². The first-order valence-electron chi connectivity index (χ1n) is 8.07. The molecule has 0 N–H and O–H groups in total. The Labute approximate surface area is 161 Å². The summed E-state index contributed by atoms with van der Waals surface area (Å²) >= 11 is 3.40. The Balaban J connectivity index is 2.52. The summed E-state index contributed by atoms with van der Waals surface area (Å²) < 4.78 is 0.603. The lowest BCUT2D eigenvalue weighted by Gasteiger charge is -2.39. The van der Waals surface area contributed by atoms with Gasteiger partial charge in [0.05, 0.1) is 11.1 Å². The zero-order valence-electron chi connectivity index (χ0n) is 15.2. The Morgan fingerprint density at radius 2 is 1.62 bits per heavy atom. The number of hydrogen-bond acceptors (Lipinski definition) is 3. The molecule has 0 aliphatic rings. The van der Waals surface area contributed by atoms with Crippen LogP contribution in [0.5, 0.6) is 0 Å². The highest BCUT2D eigenvalue weighted by molar-refractivity contribution is 9.10. The van der Waals surface area contributed by atoms with Crippen molar-refractivity contribution in [2.45, 2.75) is 33.2 Å². The molecule has 134 valence electrons. The lowest BCUT2D eigenvalue weighted by molar-refractivity contribution is -0.0167. The van der Waals surface area contributed by atoms with Crippen molar-refractivity contribution in [1.82, 2.24) is 10.0 Å². The molecule has 0 aliphatic carbocycles. The smallest absolute Gasteiger partial charge is 0.267 e. The van der Waals surface area contributed by atoms with Crippen LogP contribution in [-0.4, -0.2) is 27.4 Å². The Morgan fingerprint density at radius 3 is 2.15 bits per heavy atom. The second-order valence-electron chi connectivity index (χ2n) is 6.81. The van der Waals surface area contributed by atoms with Gasteiger partial charge in [0.15, 0.2) is 0 Å². The number of aryl methyl sites for hydroxylation is 1. The minimum Gasteiger partial charge on any atom is -0.267 e. The summed E-state index contributed by atoms with van der Waals surface area (Å²) in [6.45, 7) is 7.18. The van der Waals surface area contributed by atoms with Gasteiger partial charge in [-0.2, -0.15) is 5.26 Å². The zero-order chi connectivity index (χ0) is 19.5. The summed E-state index contributed by atoms with van der Waals surface area (Å²) in [4.78, 5) is 26.1. The molecule has 0 bridgehead atoms. The first-order chi connectivity index (χ1) is 12.2. The average molecular weight is 414 g/mol. The molecule has 0 aliphatic heterocycles. The third-order valence-electron chi connectivity index (χ3n) is 3.76. The Bertz CT molecular complexity index is 867. The van der Waals surface area contributed by atoms with E-state index in [1.54, 1.807) is 63.2 Å². The molecule has 0 spiro atoms. The molecule has 2 aromatic carbocycles. The van der Waals surface area contributed by atoms with Gasteiger partial charge in [0.1, 0.15) is 0 Å². The van der Waals surface area contributed by atoms with Crippen LogP contribution in [-0.2, 0) is 0 Å². The third kappa shape index (κ3) is 3.94. The van der Waals surface area contributed by atoms with E-state index in [0.717, 1.165) is 10.6 Å². The highest BCUT2D eigenvalue weighted by atomic mass is 79.9. The van der Waals surface area contributed by atoms with Gasteiger partial charge >= 0.3 is 0 Å². The fraction of sp³-hybridized carbons (Fsp3) is 0.250. The quantitative estimate of drug-likeness (QED) is 0.412.